The van der Waals surface area contributed by atoms with E-state index in [1.54, 1.807) is 24.3 Å². The third-order valence-electron chi connectivity index (χ3n) is 9.82. The topological polar surface area (TPSA) is 182 Å². The van der Waals surface area contributed by atoms with E-state index < -0.39 is 17.7 Å². The molecule has 1 aromatic heterocycles. The molecular formula is C38H44N8O5. The number of carbonyl (C=O) groups is 4. The highest BCUT2D eigenvalue weighted by atomic mass is 16.4. The molecule has 6 rings (SSSR count). The van der Waals surface area contributed by atoms with Gasteiger partial charge in [0, 0.05) is 47.8 Å². The standard InChI is InChI=1S/C38H44N8O5/c1-38(2,3)46(37(50)51)22-24-6-10-28(11-7-24)35(48)41-32(36(49)39-30-17-14-27(15-18-30)34-42-44-45-43-34)20-23-4-8-25(9-5-23)29-13-12-26-16-19-33(47)40-31(26)21-29/h4-5,8-9,12-15,17-18,21,24,28,32H,6-7,10-11,16,19-20,22H2,1-3H3,(H,39,49)(H,40,47)(H,41,48)(H,50,51)(H,42,43,44,45)/t24?,28?,32-/m0/s1. The molecule has 1 aliphatic heterocycles. The molecule has 51 heavy (non-hydrogen) atoms. The Hall–Kier alpha value is -5.59. The first-order chi connectivity index (χ1) is 24.4. The summed E-state index contributed by atoms with van der Waals surface area (Å²) in [6.07, 6.45) is 3.25. The number of fused-ring (bicyclic) bond motifs is 1. The predicted octanol–water partition coefficient (Wildman–Crippen LogP) is 5.67. The van der Waals surface area contributed by atoms with E-state index in [0.29, 0.717) is 37.3 Å². The lowest BCUT2D eigenvalue weighted by molar-refractivity contribution is -0.130. The van der Waals surface area contributed by atoms with Crippen molar-refractivity contribution in [2.75, 3.05) is 17.2 Å². The minimum Gasteiger partial charge on any atom is -0.465 e. The van der Waals surface area contributed by atoms with E-state index in [4.69, 9.17) is 0 Å². The fourth-order valence-corrected chi connectivity index (χ4v) is 6.84. The summed E-state index contributed by atoms with van der Waals surface area (Å²) >= 11 is 0. The molecule has 3 aromatic carbocycles. The van der Waals surface area contributed by atoms with Gasteiger partial charge >= 0.3 is 6.09 Å². The van der Waals surface area contributed by atoms with Crippen molar-refractivity contribution in [1.82, 2.24) is 30.8 Å². The fourth-order valence-electron chi connectivity index (χ4n) is 6.84. The lowest BCUT2D eigenvalue weighted by atomic mass is 9.80. The van der Waals surface area contributed by atoms with Crippen molar-refractivity contribution >= 4 is 35.2 Å². The fraction of sp³-hybridized carbons (Fsp3) is 0.395. The number of nitrogens with one attached hydrogen (secondary N) is 4. The van der Waals surface area contributed by atoms with Crippen LogP contribution in [0.15, 0.2) is 66.7 Å². The number of tetrazole rings is 1. The molecule has 2 aliphatic rings. The Labute approximate surface area is 296 Å². The number of benzene rings is 3. The van der Waals surface area contributed by atoms with Gasteiger partial charge in [-0.25, -0.2) is 4.79 Å². The van der Waals surface area contributed by atoms with Crippen molar-refractivity contribution in [3.63, 3.8) is 0 Å². The van der Waals surface area contributed by atoms with Gasteiger partial charge in [-0.3, -0.25) is 14.4 Å². The number of nitrogens with zero attached hydrogens (tertiary/aromatic N) is 4. The molecule has 0 saturated heterocycles. The van der Waals surface area contributed by atoms with Crippen LogP contribution in [0.5, 0.6) is 0 Å². The van der Waals surface area contributed by atoms with Crippen LogP contribution in [0.3, 0.4) is 0 Å². The second-order valence-electron chi connectivity index (χ2n) is 14.5. The van der Waals surface area contributed by atoms with E-state index in [2.05, 4.69) is 36.6 Å². The second kappa shape index (κ2) is 15.1. The SMILES string of the molecule is CC(C)(C)N(CC1CCC(C(=O)N[C@@H](Cc2ccc(-c3ccc4c(c3)NC(=O)CC4)cc2)C(=O)Nc2ccc(-c3nn[nH]n3)cc2)CC1)C(=O)O. The van der Waals surface area contributed by atoms with Gasteiger partial charge in [0.15, 0.2) is 0 Å². The number of H-pyrrole nitrogens is 1. The Kier molecular flexibility index (Phi) is 10.4. The Bertz CT molecular complexity index is 1860. The van der Waals surface area contributed by atoms with Crippen molar-refractivity contribution < 1.29 is 24.3 Å². The van der Waals surface area contributed by atoms with Crippen molar-refractivity contribution in [2.45, 2.75) is 77.3 Å². The number of aryl methyl sites for hydroxylation is 1. The first-order valence-corrected chi connectivity index (χ1v) is 17.4. The number of aromatic nitrogens is 4. The zero-order valence-corrected chi connectivity index (χ0v) is 29.1. The van der Waals surface area contributed by atoms with Crippen LogP contribution in [0.2, 0.25) is 0 Å². The van der Waals surface area contributed by atoms with E-state index in [9.17, 15) is 24.3 Å². The smallest absolute Gasteiger partial charge is 0.407 e. The van der Waals surface area contributed by atoms with Crippen LogP contribution in [0.4, 0.5) is 16.2 Å². The molecule has 4 amide bonds. The normalized spacial score (nSPS) is 17.8. The minimum absolute atomic E-state index is 0.0164. The zero-order chi connectivity index (χ0) is 36.1. The maximum Gasteiger partial charge on any atom is 0.407 e. The summed E-state index contributed by atoms with van der Waals surface area (Å²) in [5, 5.41) is 32.7. The molecule has 13 nitrogen and oxygen atoms in total. The molecule has 4 aromatic rings. The molecular weight excluding hydrogens is 648 g/mol. The maximum absolute atomic E-state index is 13.8. The van der Waals surface area contributed by atoms with Gasteiger partial charge in [0.25, 0.3) is 0 Å². The molecule has 0 bridgehead atoms. The number of rotatable bonds is 10. The molecule has 1 aliphatic carbocycles. The summed E-state index contributed by atoms with van der Waals surface area (Å²) in [6, 6.07) is 20.1. The lowest BCUT2D eigenvalue weighted by Crippen LogP contribution is -2.49. The van der Waals surface area contributed by atoms with Crippen LogP contribution < -0.4 is 16.0 Å². The number of carbonyl (C=O) groups excluding carboxylic acids is 3. The average molecular weight is 693 g/mol. The number of hydrogen-bond acceptors (Lipinski definition) is 7. The Morgan fingerprint density at radius 3 is 2.25 bits per heavy atom. The predicted molar refractivity (Wildman–Crippen MR) is 193 cm³/mol. The second-order valence-corrected chi connectivity index (χ2v) is 14.5. The molecule has 266 valence electrons. The number of aromatic amines is 1. The van der Waals surface area contributed by atoms with E-state index in [1.807, 2.05) is 63.2 Å². The highest BCUT2D eigenvalue weighted by molar-refractivity contribution is 5.98. The number of carboxylic acid groups (broad SMARTS) is 1. The van der Waals surface area contributed by atoms with Crippen molar-refractivity contribution in [3.05, 3.63) is 77.9 Å². The van der Waals surface area contributed by atoms with Gasteiger partial charge in [0.05, 0.1) is 0 Å². The summed E-state index contributed by atoms with van der Waals surface area (Å²) < 4.78 is 0. The van der Waals surface area contributed by atoms with Crippen molar-refractivity contribution in [1.29, 1.82) is 0 Å². The molecule has 0 spiro atoms. The summed E-state index contributed by atoms with van der Waals surface area (Å²) in [7, 11) is 0. The third kappa shape index (κ3) is 8.77. The molecule has 1 fully saturated rings. The first-order valence-electron chi connectivity index (χ1n) is 17.4. The quantitative estimate of drug-likeness (QED) is 0.141. The van der Waals surface area contributed by atoms with Crippen LogP contribution in [-0.2, 0) is 27.2 Å². The molecule has 1 saturated carbocycles. The highest BCUT2D eigenvalue weighted by Gasteiger charge is 2.33. The van der Waals surface area contributed by atoms with E-state index in [1.165, 1.54) is 4.90 Å². The third-order valence-corrected chi connectivity index (χ3v) is 9.82. The lowest BCUT2D eigenvalue weighted by Gasteiger charge is -2.38. The Morgan fingerprint density at radius 2 is 1.61 bits per heavy atom. The molecule has 1 atom stereocenters. The van der Waals surface area contributed by atoms with Crippen LogP contribution in [-0.4, -0.2) is 72.6 Å². The van der Waals surface area contributed by atoms with Gasteiger partial charge in [-0.1, -0.05) is 36.4 Å². The van der Waals surface area contributed by atoms with E-state index in [-0.39, 0.29) is 36.0 Å². The number of amides is 4. The monoisotopic (exact) mass is 692 g/mol. The largest absolute Gasteiger partial charge is 0.465 e. The molecule has 0 radical (unpaired) electrons. The number of anilines is 2. The summed E-state index contributed by atoms with van der Waals surface area (Å²) in [4.78, 5) is 52.7. The first kappa shape index (κ1) is 35.2. The molecule has 5 N–H and O–H groups in total. The van der Waals surface area contributed by atoms with Crippen LogP contribution in [0, 0.1) is 11.8 Å². The van der Waals surface area contributed by atoms with E-state index in [0.717, 1.165) is 52.8 Å². The van der Waals surface area contributed by atoms with Crippen LogP contribution >= 0.6 is 0 Å². The maximum atomic E-state index is 13.8. The Balaban J connectivity index is 1.14. The van der Waals surface area contributed by atoms with Crippen molar-refractivity contribution in [2.24, 2.45) is 11.8 Å². The van der Waals surface area contributed by atoms with Gasteiger partial charge < -0.3 is 26.0 Å². The van der Waals surface area contributed by atoms with Crippen LogP contribution in [0.1, 0.15) is 64.0 Å². The molecule has 0 unspecified atom stereocenters. The highest BCUT2D eigenvalue weighted by Crippen LogP contribution is 2.32. The van der Waals surface area contributed by atoms with Gasteiger partial charge in [0.1, 0.15) is 6.04 Å². The molecule has 13 heteroatoms. The summed E-state index contributed by atoms with van der Waals surface area (Å²) in [6.45, 7) is 6.08. The minimum atomic E-state index is -0.940. The van der Waals surface area contributed by atoms with Gasteiger partial charge in [0.2, 0.25) is 23.5 Å². The Morgan fingerprint density at radius 1 is 0.922 bits per heavy atom. The zero-order valence-electron chi connectivity index (χ0n) is 29.1. The van der Waals surface area contributed by atoms with Crippen molar-refractivity contribution in [3.8, 4) is 22.5 Å². The van der Waals surface area contributed by atoms with E-state index >= 15 is 0 Å². The van der Waals surface area contributed by atoms with Gasteiger partial charge in [-0.15, -0.1) is 10.2 Å². The number of hydrogen-bond donors (Lipinski definition) is 5. The summed E-state index contributed by atoms with van der Waals surface area (Å²) in [5.74, 6) is -0.178. The van der Waals surface area contributed by atoms with Gasteiger partial charge in [-0.2, -0.15) is 5.21 Å². The van der Waals surface area contributed by atoms with Crippen LogP contribution in [0.25, 0.3) is 22.5 Å². The van der Waals surface area contributed by atoms with Gasteiger partial charge in [-0.05, 0) is 117 Å². The average Bonchev–Trinajstić information content (AvgIpc) is 3.65. The molecule has 2 heterocycles. The summed E-state index contributed by atoms with van der Waals surface area (Å²) in [5.41, 5.74) is 5.55.